The molecule has 1 atom stereocenters. The van der Waals surface area contributed by atoms with E-state index in [-0.39, 0.29) is 18.3 Å². The van der Waals surface area contributed by atoms with Gasteiger partial charge in [-0.25, -0.2) is 4.68 Å². The zero-order valence-electron chi connectivity index (χ0n) is 22.9. The van der Waals surface area contributed by atoms with E-state index >= 15 is 0 Å². The highest BCUT2D eigenvalue weighted by atomic mass is 35.5. The Labute approximate surface area is 248 Å². The molecule has 1 fully saturated rings. The maximum Gasteiger partial charge on any atom is 0.413 e. The van der Waals surface area contributed by atoms with Crippen molar-refractivity contribution in [2.24, 2.45) is 5.41 Å². The predicted molar refractivity (Wildman–Crippen MR) is 158 cm³/mol. The number of hydrogen-bond donors (Lipinski definition) is 2. The Balaban J connectivity index is 1.46. The van der Waals surface area contributed by atoms with E-state index in [9.17, 15) is 18.4 Å². The number of hydrogen-bond acceptors (Lipinski definition) is 8. The summed E-state index contributed by atoms with van der Waals surface area (Å²) in [6.45, 7) is 6.84. The van der Waals surface area contributed by atoms with Crippen LogP contribution in [0.1, 0.15) is 56.5 Å². The van der Waals surface area contributed by atoms with Gasteiger partial charge in [0.2, 0.25) is 0 Å². The van der Waals surface area contributed by atoms with Gasteiger partial charge in [0.15, 0.2) is 5.54 Å². The molecule has 0 amide bonds. The van der Waals surface area contributed by atoms with E-state index in [1.54, 1.807) is 18.5 Å². The molecule has 4 aromatic heterocycles. The summed E-state index contributed by atoms with van der Waals surface area (Å²) in [6, 6.07) is 6.95. The van der Waals surface area contributed by atoms with Crippen molar-refractivity contribution in [3.8, 4) is 6.07 Å². The monoisotopic (exact) mass is 610 g/mol. The van der Waals surface area contributed by atoms with Crippen LogP contribution in [0.2, 0.25) is 5.02 Å². The first kappa shape index (κ1) is 28.2. The minimum atomic E-state index is -4.44. The van der Waals surface area contributed by atoms with E-state index in [4.69, 9.17) is 11.6 Å². The summed E-state index contributed by atoms with van der Waals surface area (Å²) in [4.78, 5) is 8.62. The minimum Gasteiger partial charge on any atom is -0.383 e. The van der Waals surface area contributed by atoms with Gasteiger partial charge in [0.1, 0.15) is 11.8 Å². The van der Waals surface area contributed by atoms with E-state index < -0.39 is 17.8 Å². The molecule has 2 N–H and O–H groups in total. The third-order valence-electron chi connectivity index (χ3n) is 7.37. The van der Waals surface area contributed by atoms with Gasteiger partial charge in [0.05, 0.1) is 38.7 Å². The second-order valence-electron chi connectivity index (χ2n) is 11.7. The fourth-order valence-corrected chi connectivity index (χ4v) is 6.17. The molecule has 4 heterocycles. The Morgan fingerprint density at radius 3 is 2.67 bits per heavy atom. The van der Waals surface area contributed by atoms with Crippen molar-refractivity contribution in [2.75, 3.05) is 17.2 Å². The number of halogens is 4. The van der Waals surface area contributed by atoms with Crippen LogP contribution in [-0.2, 0) is 5.54 Å². The molecule has 0 radical (unpaired) electrons. The van der Waals surface area contributed by atoms with Gasteiger partial charge < -0.3 is 10.6 Å². The zero-order chi connectivity index (χ0) is 29.9. The molecule has 1 saturated carbocycles. The van der Waals surface area contributed by atoms with E-state index in [2.05, 4.69) is 57.8 Å². The van der Waals surface area contributed by atoms with Gasteiger partial charge in [-0.1, -0.05) is 37.6 Å². The Morgan fingerprint density at radius 1 is 1.19 bits per heavy atom. The van der Waals surface area contributed by atoms with E-state index in [0.717, 1.165) is 20.3 Å². The first-order valence-corrected chi connectivity index (χ1v) is 14.5. The predicted octanol–water partition coefficient (Wildman–Crippen LogP) is 7.67. The second kappa shape index (κ2) is 10.1. The van der Waals surface area contributed by atoms with Crippen molar-refractivity contribution in [1.29, 1.82) is 5.26 Å². The number of thiophene rings is 1. The Morgan fingerprint density at radius 2 is 1.98 bits per heavy atom. The normalized spacial score (nSPS) is 15.5. The summed E-state index contributed by atoms with van der Waals surface area (Å²) in [5, 5.41) is 28.6. The summed E-state index contributed by atoms with van der Waals surface area (Å²) >= 11 is 8.19. The average Bonchev–Trinajstić information content (AvgIpc) is 3.43. The number of anilines is 2. The van der Waals surface area contributed by atoms with Crippen molar-refractivity contribution >= 4 is 55.3 Å². The summed E-state index contributed by atoms with van der Waals surface area (Å²) in [7, 11) is 0. The summed E-state index contributed by atoms with van der Waals surface area (Å²) < 4.78 is 43.5. The molecule has 5 aromatic rings. The Bertz CT molecular complexity index is 1850. The number of alkyl halides is 3. The summed E-state index contributed by atoms with van der Waals surface area (Å²) in [5.41, 5.74) is 1.13. The minimum absolute atomic E-state index is 0.0384. The molecule has 0 bridgehead atoms. The van der Waals surface area contributed by atoms with E-state index in [1.165, 1.54) is 23.7 Å². The molecule has 1 aliphatic carbocycles. The molecule has 42 heavy (non-hydrogen) atoms. The van der Waals surface area contributed by atoms with Gasteiger partial charge in [0.25, 0.3) is 0 Å². The van der Waals surface area contributed by atoms with Crippen LogP contribution in [-0.4, -0.2) is 37.7 Å². The Kier molecular flexibility index (Phi) is 6.78. The SMILES string of the molecule is CC(C)(C)CNc1c(C#N)cnc2c(Cl)cc(NC(c3cn(C4(C(F)(F)F)CC4)nn3)c3csc4cnccc34)cc12. The first-order chi connectivity index (χ1) is 19.9. The average molecular weight is 611 g/mol. The number of fused-ring (bicyclic) bond motifs is 2. The fourth-order valence-electron chi connectivity index (χ4n) is 4.95. The molecule has 0 saturated heterocycles. The number of benzene rings is 1. The van der Waals surface area contributed by atoms with Crippen molar-refractivity contribution < 1.29 is 13.2 Å². The molecule has 8 nitrogen and oxygen atoms in total. The molecule has 216 valence electrons. The third-order valence-corrected chi connectivity index (χ3v) is 8.61. The summed E-state index contributed by atoms with van der Waals surface area (Å²) in [5.74, 6) is 0. The number of pyridine rings is 2. The highest BCUT2D eigenvalue weighted by molar-refractivity contribution is 7.17. The quantitative estimate of drug-likeness (QED) is 0.195. The van der Waals surface area contributed by atoms with Crippen LogP contribution in [0.5, 0.6) is 0 Å². The second-order valence-corrected chi connectivity index (χ2v) is 13.0. The van der Waals surface area contributed by atoms with Gasteiger partial charge in [-0.2, -0.15) is 18.4 Å². The lowest BCUT2D eigenvalue weighted by Crippen LogP contribution is -2.35. The molecule has 13 heteroatoms. The number of nitriles is 1. The van der Waals surface area contributed by atoms with Crippen LogP contribution >= 0.6 is 22.9 Å². The van der Waals surface area contributed by atoms with Gasteiger partial charge in [-0.3, -0.25) is 9.97 Å². The molecule has 0 spiro atoms. The molecule has 0 aliphatic heterocycles. The van der Waals surface area contributed by atoms with Crippen LogP contribution in [0.3, 0.4) is 0 Å². The van der Waals surface area contributed by atoms with Crippen LogP contribution in [0, 0.1) is 16.7 Å². The molecule has 6 rings (SSSR count). The first-order valence-electron chi connectivity index (χ1n) is 13.2. The van der Waals surface area contributed by atoms with Crippen molar-refractivity contribution in [1.82, 2.24) is 25.0 Å². The Hall–Kier alpha value is -3.95. The van der Waals surface area contributed by atoms with Crippen molar-refractivity contribution in [3.05, 3.63) is 70.2 Å². The van der Waals surface area contributed by atoms with Crippen molar-refractivity contribution in [2.45, 2.75) is 51.4 Å². The number of nitrogens with one attached hydrogen (secondary N) is 2. The molecule has 1 aromatic carbocycles. The van der Waals surface area contributed by atoms with Crippen LogP contribution < -0.4 is 10.6 Å². The van der Waals surface area contributed by atoms with Crippen molar-refractivity contribution in [3.63, 3.8) is 0 Å². The fraction of sp³-hybridized carbons (Fsp3) is 0.345. The summed E-state index contributed by atoms with van der Waals surface area (Å²) in [6.07, 6.45) is 1.77. The van der Waals surface area contributed by atoms with Gasteiger partial charge in [0, 0.05) is 41.6 Å². The zero-order valence-corrected chi connectivity index (χ0v) is 24.5. The third kappa shape index (κ3) is 5.01. The lowest BCUT2D eigenvalue weighted by molar-refractivity contribution is -0.182. The lowest BCUT2D eigenvalue weighted by atomic mass is 9.96. The van der Waals surface area contributed by atoms with Crippen LogP contribution in [0.15, 0.2) is 48.4 Å². The maximum absolute atomic E-state index is 13.9. The van der Waals surface area contributed by atoms with Crippen LogP contribution in [0.25, 0.3) is 21.0 Å². The molecule has 1 aliphatic rings. The molecular weight excluding hydrogens is 585 g/mol. The van der Waals surface area contributed by atoms with Gasteiger partial charge in [-0.15, -0.1) is 16.4 Å². The maximum atomic E-state index is 13.9. The number of nitrogens with zero attached hydrogens (tertiary/aromatic N) is 6. The largest absolute Gasteiger partial charge is 0.413 e. The molecular formula is C29H26ClF3N8S. The number of rotatable bonds is 7. The van der Waals surface area contributed by atoms with E-state index in [0.29, 0.717) is 45.1 Å². The van der Waals surface area contributed by atoms with Gasteiger partial charge >= 0.3 is 6.18 Å². The van der Waals surface area contributed by atoms with E-state index in [1.807, 2.05) is 17.5 Å². The van der Waals surface area contributed by atoms with Gasteiger partial charge in [-0.05, 0) is 47.4 Å². The molecule has 1 unspecified atom stereocenters. The highest BCUT2D eigenvalue weighted by Crippen LogP contribution is 2.55. The van der Waals surface area contributed by atoms with Crippen LogP contribution in [0.4, 0.5) is 24.5 Å². The standard InChI is InChI=1S/C29H26ClF3N8S/c1-27(2,3)15-37-24-16(10-34)11-36-25-19(24)8-17(9-21(25)30)38-26(20-14-42-23-12-35-7-4-18(20)23)22-13-41(40-39-22)28(5-6-28)29(31,32)33/h4,7-9,11-14,26,38H,5-6,15H2,1-3H3,(H,36,37). The lowest BCUT2D eigenvalue weighted by Gasteiger charge is -2.22. The smallest absolute Gasteiger partial charge is 0.383 e. The topological polar surface area (TPSA) is 104 Å². The highest BCUT2D eigenvalue weighted by Gasteiger charge is 2.66. The number of aromatic nitrogens is 5.